The summed E-state index contributed by atoms with van der Waals surface area (Å²) in [5, 5.41) is 13.1. The van der Waals surface area contributed by atoms with Gasteiger partial charge in [-0.1, -0.05) is 32.8 Å². The molecule has 37 heavy (non-hydrogen) atoms. The molecule has 1 N–H and O–H groups in total. The van der Waals surface area contributed by atoms with Crippen molar-refractivity contribution in [2.45, 2.75) is 64.5 Å². The van der Waals surface area contributed by atoms with Gasteiger partial charge in [0.1, 0.15) is 17.5 Å². The number of amides is 1. The standard InChI is InChI=1S/C29H39N7O/c1-28(2)19-35(13-12-34(4)5)17-20-14-22(10-11-24(20)28)32-27-31-18-29(3)15-21(16-30)25(37)36(26(29)33-27)23-8-6-7-9-23/h10-11,14-15,23H,6-9,12-13,17-19H2,1-5H3,(H,31,32). The second kappa shape index (κ2) is 9.70. The van der Waals surface area contributed by atoms with E-state index in [2.05, 4.69) is 67.3 Å². The molecule has 0 spiro atoms. The molecule has 1 aliphatic carbocycles. The van der Waals surface area contributed by atoms with Crippen LogP contribution in [-0.2, 0) is 16.8 Å². The molecule has 196 valence electrons. The van der Waals surface area contributed by atoms with Crippen LogP contribution in [0.25, 0.3) is 0 Å². The molecule has 3 heterocycles. The van der Waals surface area contributed by atoms with Gasteiger partial charge in [-0.3, -0.25) is 14.6 Å². The quantitative estimate of drug-likeness (QED) is 0.664. The van der Waals surface area contributed by atoms with Gasteiger partial charge in [0.25, 0.3) is 5.91 Å². The number of benzene rings is 1. The van der Waals surface area contributed by atoms with Crippen molar-refractivity contribution in [1.29, 1.82) is 5.26 Å². The SMILES string of the molecule is CN(C)CCN1Cc2cc(NC3=NCC4(C)C=C(C#N)C(=O)N(C5CCCC5)C4=N3)ccc2C(C)(C)C1. The van der Waals surface area contributed by atoms with E-state index in [-0.39, 0.29) is 22.9 Å². The minimum absolute atomic E-state index is 0.0812. The highest BCUT2D eigenvalue weighted by Crippen LogP contribution is 2.38. The van der Waals surface area contributed by atoms with E-state index in [0.29, 0.717) is 12.5 Å². The first-order valence-corrected chi connectivity index (χ1v) is 13.5. The van der Waals surface area contributed by atoms with Crippen LogP contribution in [-0.4, -0.2) is 78.7 Å². The zero-order valence-corrected chi connectivity index (χ0v) is 22.8. The fourth-order valence-electron chi connectivity index (χ4n) is 6.30. The van der Waals surface area contributed by atoms with Crippen molar-refractivity contribution in [3.63, 3.8) is 0 Å². The number of hydrogen-bond donors (Lipinski definition) is 1. The Hall–Kier alpha value is -3.02. The number of nitriles is 1. The molecule has 1 atom stereocenters. The molecule has 1 aromatic rings. The Morgan fingerprint density at radius 3 is 2.68 bits per heavy atom. The van der Waals surface area contributed by atoms with Gasteiger partial charge in [-0.25, -0.2) is 4.99 Å². The van der Waals surface area contributed by atoms with Crippen molar-refractivity contribution in [3.05, 3.63) is 41.0 Å². The maximum atomic E-state index is 13.2. The number of hydrogen-bond acceptors (Lipinski definition) is 7. The largest absolute Gasteiger partial charge is 0.324 e. The summed E-state index contributed by atoms with van der Waals surface area (Å²) in [6, 6.07) is 8.79. The lowest BCUT2D eigenvalue weighted by molar-refractivity contribution is -0.125. The zero-order chi connectivity index (χ0) is 26.4. The highest BCUT2D eigenvalue weighted by molar-refractivity contribution is 6.18. The van der Waals surface area contributed by atoms with E-state index < -0.39 is 5.41 Å². The van der Waals surface area contributed by atoms with Crippen molar-refractivity contribution >= 4 is 23.4 Å². The number of nitrogens with one attached hydrogen (secondary N) is 1. The molecule has 4 aliphatic rings. The molecule has 1 saturated carbocycles. The number of nitrogens with zero attached hydrogens (tertiary/aromatic N) is 6. The second-order valence-corrected chi connectivity index (χ2v) is 12.2. The number of fused-ring (bicyclic) bond motifs is 2. The van der Waals surface area contributed by atoms with Crippen LogP contribution in [0.5, 0.6) is 0 Å². The third kappa shape index (κ3) is 4.95. The summed E-state index contributed by atoms with van der Waals surface area (Å²) in [4.78, 5) is 29.5. The summed E-state index contributed by atoms with van der Waals surface area (Å²) < 4.78 is 0. The molecule has 1 unspecified atom stereocenters. The van der Waals surface area contributed by atoms with Gasteiger partial charge >= 0.3 is 0 Å². The Balaban J connectivity index is 1.41. The average molecular weight is 502 g/mol. The van der Waals surface area contributed by atoms with Gasteiger partial charge in [0.15, 0.2) is 0 Å². The Labute approximate surface area is 220 Å². The van der Waals surface area contributed by atoms with Crippen LogP contribution >= 0.6 is 0 Å². The third-order valence-electron chi connectivity index (χ3n) is 8.20. The Morgan fingerprint density at radius 1 is 1.22 bits per heavy atom. The van der Waals surface area contributed by atoms with Crippen molar-refractivity contribution in [2.75, 3.05) is 45.6 Å². The van der Waals surface area contributed by atoms with Crippen LogP contribution in [0.1, 0.15) is 57.6 Å². The lowest BCUT2D eigenvalue weighted by Gasteiger charge is -2.42. The molecule has 8 nitrogen and oxygen atoms in total. The second-order valence-electron chi connectivity index (χ2n) is 12.2. The van der Waals surface area contributed by atoms with Gasteiger partial charge in [0.2, 0.25) is 5.96 Å². The fraction of sp³-hybridized carbons (Fsp3) is 0.586. The van der Waals surface area contributed by atoms with Crippen LogP contribution < -0.4 is 5.32 Å². The van der Waals surface area contributed by atoms with Crippen LogP contribution in [0.4, 0.5) is 5.69 Å². The van der Waals surface area contributed by atoms with Gasteiger partial charge in [0, 0.05) is 43.3 Å². The van der Waals surface area contributed by atoms with E-state index in [9.17, 15) is 10.1 Å². The molecule has 0 saturated heterocycles. The highest BCUT2D eigenvalue weighted by atomic mass is 16.2. The molecule has 0 radical (unpaired) electrons. The van der Waals surface area contributed by atoms with Crippen molar-refractivity contribution in [1.82, 2.24) is 14.7 Å². The van der Waals surface area contributed by atoms with Gasteiger partial charge in [0.05, 0.1) is 12.0 Å². The molecule has 1 amide bonds. The summed E-state index contributed by atoms with van der Waals surface area (Å²) in [5.41, 5.74) is 3.41. The number of amidine groups is 1. The number of carbonyl (C=O) groups is 1. The number of guanidine groups is 1. The van der Waals surface area contributed by atoms with E-state index in [4.69, 9.17) is 9.98 Å². The van der Waals surface area contributed by atoms with E-state index in [1.54, 1.807) is 11.0 Å². The van der Waals surface area contributed by atoms with Gasteiger partial charge in [-0.05, 0) is 63.2 Å². The van der Waals surface area contributed by atoms with E-state index in [1.165, 1.54) is 11.1 Å². The molecule has 0 bridgehead atoms. The first-order chi connectivity index (χ1) is 17.6. The summed E-state index contributed by atoms with van der Waals surface area (Å²) in [7, 11) is 4.24. The maximum absolute atomic E-state index is 13.2. The van der Waals surface area contributed by atoms with Gasteiger partial charge in [-0.2, -0.15) is 10.3 Å². The first-order valence-electron chi connectivity index (χ1n) is 13.5. The van der Waals surface area contributed by atoms with Crippen LogP contribution in [0, 0.1) is 16.7 Å². The summed E-state index contributed by atoms with van der Waals surface area (Å²) >= 11 is 0. The minimum Gasteiger partial charge on any atom is -0.324 e. The van der Waals surface area contributed by atoms with Crippen LogP contribution in [0.2, 0.25) is 0 Å². The van der Waals surface area contributed by atoms with Crippen molar-refractivity contribution in [3.8, 4) is 6.07 Å². The maximum Gasteiger partial charge on any atom is 0.269 e. The number of carbonyl (C=O) groups excluding carboxylic acids is 1. The summed E-state index contributed by atoms with van der Waals surface area (Å²) in [6.07, 6.45) is 5.86. The molecule has 5 rings (SSSR count). The molecule has 0 aromatic heterocycles. The van der Waals surface area contributed by atoms with E-state index in [0.717, 1.165) is 63.4 Å². The number of aliphatic imine (C=N–C) groups is 2. The number of anilines is 1. The normalized spacial score (nSPS) is 25.7. The van der Waals surface area contributed by atoms with Crippen molar-refractivity contribution in [2.24, 2.45) is 15.4 Å². The number of likely N-dealkylation sites (N-methyl/N-ethyl adjacent to an activating group) is 1. The lowest BCUT2D eigenvalue weighted by Crippen LogP contribution is -2.55. The average Bonchev–Trinajstić information content (AvgIpc) is 3.37. The Morgan fingerprint density at radius 2 is 1.97 bits per heavy atom. The Bertz CT molecular complexity index is 1220. The van der Waals surface area contributed by atoms with Crippen LogP contribution in [0.3, 0.4) is 0 Å². The van der Waals surface area contributed by atoms with Crippen molar-refractivity contribution < 1.29 is 4.79 Å². The zero-order valence-electron chi connectivity index (χ0n) is 22.8. The summed E-state index contributed by atoms with van der Waals surface area (Å²) in [5.74, 6) is 1.02. The third-order valence-corrected chi connectivity index (χ3v) is 8.20. The molecule has 1 aromatic carbocycles. The monoisotopic (exact) mass is 501 g/mol. The van der Waals surface area contributed by atoms with Gasteiger partial charge < -0.3 is 10.2 Å². The fourth-order valence-corrected chi connectivity index (χ4v) is 6.30. The lowest BCUT2D eigenvalue weighted by atomic mass is 9.78. The first kappa shape index (κ1) is 25.6. The van der Waals surface area contributed by atoms with Gasteiger partial charge in [-0.15, -0.1) is 0 Å². The smallest absolute Gasteiger partial charge is 0.269 e. The molecule has 3 aliphatic heterocycles. The molecular weight excluding hydrogens is 462 g/mol. The minimum atomic E-state index is -0.556. The number of rotatable bonds is 5. The molecule has 8 heteroatoms. The summed E-state index contributed by atoms with van der Waals surface area (Å²) in [6.45, 7) is 11.2. The molecule has 1 fully saturated rings. The van der Waals surface area contributed by atoms with E-state index in [1.807, 2.05) is 6.92 Å². The highest BCUT2D eigenvalue weighted by Gasteiger charge is 2.46. The predicted molar refractivity (Wildman–Crippen MR) is 148 cm³/mol. The molecular formula is C29H39N7O. The topological polar surface area (TPSA) is 87.3 Å². The van der Waals surface area contributed by atoms with E-state index >= 15 is 0 Å². The van der Waals surface area contributed by atoms with Crippen LogP contribution in [0.15, 0.2) is 39.8 Å². The predicted octanol–water partition coefficient (Wildman–Crippen LogP) is 3.76. The Kier molecular flexibility index (Phi) is 6.71.